The summed E-state index contributed by atoms with van der Waals surface area (Å²) < 4.78 is 110. The zero-order valence-corrected chi connectivity index (χ0v) is 34.4. The van der Waals surface area contributed by atoms with Crippen molar-refractivity contribution in [1.29, 1.82) is 0 Å². The van der Waals surface area contributed by atoms with Crippen LogP contribution in [0, 0.1) is 5.92 Å². The quantitative estimate of drug-likeness (QED) is 0.0923. The van der Waals surface area contributed by atoms with Crippen molar-refractivity contribution in [3.63, 3.8) is 0 Å². The lowest BCUT2D eigenvalue weighted by Crippen LogP contribution is -2.73. The molecule has 15 heteroatoms. The molecule has 0 aromatic heterocycles. The summed E-state index contributed by atoms with van der Waals surface area (Å²) in [7, 11) is -10.4. The first-order valence-corrected chi connectivity index (χ1v) is 25.9. The van der Waals surface area contributed by atoms with Gasteiger partial charge in [0.05, 0.1) is 18.8 Å². The van der Waals surface area contributed by atoms with Crippen LogP contribution < -0.4 is 0 Å². The number of hydrogen-bond donors (Lipinski definition) is 0. The molecule has 1 aromatic rings. The van der Waals surface area contributed by atoms with Gasteiger partial charge in [0.25, 0.3) is 5.95 Å². The fourth-order valence-corrected chi connectivity index (χ4v) is 14.7. The lowest BCUT2D eigenvalue weighted by atomic mass is 9.77. The van der Waals surface area contributed by atoms with Crippen LogP contribution in [0.5, 0.6) is 0 Å². The first-order chi connectivity index (χ1) is 24.8. The van der Waals surface area contributed by atoms with Crippen LogP contribution in [0.25, 0.3) is 0 Å². The molecule has 3 heterocycles. The molecule has 0 unspecified atom stereocenters. The highest BCUT2D eigenvalue weighted by molar-refractivity contribution is 7.87. The topological polar surface area (TPSA) is 98.8 Å². The third-order valence-corrected chi connectivity index (χ3v) is 22.5. The highest BCUT2D eigenvalue weighted by Crippen LogP contribution is 2.47. The van der Waals surface area contributed by atoms with E-state index in [1.165, 1.54) is 6.08 Å². The Hall–Kier alpha value is -1.47. The summed E-state index contributed by atoms with van der Waals surface area (Å²) in [5, 5.41) is 0. The number of halogens is 3. The molecule has 1 aromatic carbocycles. The Morgan fingerprint density at radius 3 is 1.81 bits per heavy atom. The summed E-state index contributed by atoms with van der Waals surface area (Å²) in [5.74, 6) is -0.541. The van der Waals surface area contributed by atoms with Gasteiger partial charge in [0.1, 0.15) is 30.5 Å². The minimum atomic E-state index is -5.96. The van der Waals surface area contributed by atoms with E-state index >= 15 is 0 Å². The number of hydrogen-bond acceptors (Lipinski definition) is 9. The zero-order chi connectivity index (χ0) is 37.7. The fourth-order valence-electron chi connectivity index (χ4n) is 8.57. The average molecular weight is 793 g/mol. The maximum Gasteiger partial charge on any atom is 0.534 e. The molecular weight excluding hydrogens is 734 g/mol. The molecular formula is C37H59F3O9SSi2. The number of ether oxygens (including phenoxy) is 4. The molecule has 4 aliphatic rings. The van der Waals surface area contributed by atoms with Crippen molar-refractivity contribution in [1.82, 2.24) is 0 Å². The maximum atomic E-state index is 13.4. The Morgan fingerprint density at radius 1 is 0.731 bits per heavy atom. The summed E-state index contributed by atoms with van der Waals surface area (Å²) in [6, 6.07) is 15.2. The molecule has 1 saturated carbocycles. The molecule has 0 N–H and O–H groups in total. The molecule has 3 fully saturated rings. The van der Waals surface area contributed by atoms with Gasteiger partial charge in [-0.15, -0.1) is 0 Å². The molecule has 3 aliphatic heterocycles. The molecule has 2 saturated heterocycles. The van der Waals surface area contributed by atoms with Gasteiger partial charge >= 0.3 is 15.6 Å². The van der Waals surface area contributed by atoms with Crippen molar-refractivity contribution < 1.29 is 53.6 Å². The summed E-state index contributed by atoms with van der Waals surface area (Å²) in [4.78, 5) is 0. The van der Waals surface area contributed by atoms with Gasteiger partial charge < -0.3 is 32.0 Å². The Labute approximate surface area is 310 Å². The number of fused-ring (bicyclic) bond motifs is 2. The van der Waals surface area contributed by atoms with E-state index in [2.05, 4.69) is 45.7 Å². The van der Waals surface area contributed by atoms with Crippen LogP contribution in [-0.4, -0.2) is 79.4 Å². The molecule has 8 atom stereocenters. The Morgan fingerprint density at radius 2 is 1.27 bits per heavy atom. The summed E-state index contributed by atoms with van der Waals surface area (Å²) in [6.45, 7) is 13.4. The van der Waals surface area contributed by atoms with Crippen molar-refractivity contribution in [3.05, 3.63) is 47.9 Å². The first-order valence-electron chi connectivity index (χ1n) is 19.5. The fraction of sp³-hybridized carbons (Fsp3) is 0.784. The second-order valence-corrected chi connectivity index (χ2v) is 25.8. The zero-order valence-electron chi connectivity index (χ0n) is 31.6. The molecule has 1 aliphatic carbocycles. The molecule has 0 spiro atoms. The van der Waals surface area contributed by atoms with E-state index in [1.54, 1.807) is 0 Å². The van der Waals surface area contributed by atoms with Gasteiger partial charge in [0.15, 0.2) is 22.7 Å². The largest absolute Gasteiger partial charge is 0.534 e. The highest BCUT2D eigenvalue weighted by atomic mass is 32.2. The van der Waals surface area contributed by atoms with Gasteiger partial charge in [0.2, 0.25) is 0 Å². The Kier molecular flexibility index (Phi) is 14.1. The van der Waals surface area contributed by atoms with Crippen molar-refractivity contribution in [2.75, 3.05) is 0 Å². The van der Waals surface area contributed by atoms with E-state index in [0.717, 1.165) is 73.9 Å². The predicted octanol–water partition coefficient (Wildman–Crippen LogP) is 8.96. The van der Waals surface area contributed by atoms with Gasteiger partial charge in [-0.2, -0.15) is 21.6 Å². The van der Waals surface area contributed by atoms with Gasteiger partial charge in [0, 0.05) is 12.5 Å². The normalized spacial score (nSPS) is 30.5. The number of alkyl halides is 3. The molecule has 9 nitrogen and oxygen atoms in total. The minimum absolute atomic E-state index is 0.0432. The molecule has 52 heavy (non-hydrogen) atoms. The first kappa shape index (κ1) is 41.7. The summed E-state index contributed by atoms with van der Waals surface area (Å²) in [5.41, 5.74) is -4.73. The van der Waals surface area contributed by atoms with Crippen molar-refractivity contribution in [3.8, 4) is 0 Å². The van der Waals surface area contributed by atoms with E-state index in [0.29, 0.717) is 0 Å². The molecule has 296 valence electrons. The van der Waals surface area contributed by atoms with Crippen LogP contribution in [0.15, 0.2) is 42.4 Å². The van der Waals surface area contributed by atoms with E-state index in [1.807, 2.05) is 30.3 Å². The minimum Gasteiger partial charge on any atom is -0.456 e. The van der Waals surface area contributed by atoms with Crippen LogP contribution in [0.3, 0.4) is 0 Å². The van der Waals surface area contributed by atoms with Gasteiger partial charge in [-0.25, -0.2) is 0 Å². The standard InChI is InChI=1S/C37H59F3O9SSi2/c1-7-51(8-2,9-3)48-35-30(27-21-17-14-18-22-27)46-33-32(43-25-26-19-15-13-16-20-26)31-28(23-24-29(45-31)47-50(41,42)37(38,39)40)44-34(33)36(35)49-52(10-4,11-5)12-6/h13,15-16,19-20,24,27-28,30-36H,7-12,14,17-18,21-23,25H2,1-6H3/t28-,30-,31-,32+,33+,34+,35-,36-/m0/s1. The van der Waals surface area contributed by atoms with E-state index in [9.17, 15) is 21.6 Å². The lowest BCUT2D eigenvalue weighted by Gasteiger charge is -2.58. The van der Waals surface area contributed by atoms with Crippen LogP contribution in [0.1, 0.15) is 85.6 Å². The van der Waals surface area contributed by atoms with Crippen LogP contribution in [0.2, 0.25) is 36.3 Å². The highest BCUT2D eigenvalue weighted by Gasteiger charge is 2.61. The van der Waals surface area contributed by atoms with E-state index < -0.39 is 74.8 Å². The van der Waals surface area contributed by atoms with Crippen LogP contribution >= 0.6 is 0 Å². The number of rotatable bonds is 16. The summed E-state index contributed by atoms with van der Waals surface area (Å²) in [6.07, 6.45) is 1.46. The van der Waals surface area contributed by atoms with Crippen molar-refractivity contribution in [2.45, 2.75) is 177 Å². The molecule has 0 bridgehead atoms. The molecule has 5 rings (SSSR count). The predicted molar refractivity (Wildman–Crippen MR) is 197 cm³/mol. The Balaban J connectivity index is 1.61. The SMILES string of the molecule is CC[Si](CC)(CC)O[C@H]1[C@@H]2O[C@H]3CC=C(OS(=O)(=O)C(F)(F)F)O[C@@H]3[C@@H](OCc3ccccc3)[C@H]2O[C@@H](C2CCCCC2)[C@@H]1O[Si](CC)(CC)CC. The molecule has 0 radical (unpaired) electrons. The van der Waals surface area contributed by atoms with Gasteiger partial charge in [-0.1, -0.05) is 91.1 Å². The van der Waals surface area contributed by atoms with E-state index in [4.69, 9.17) is 27.8 Å². The average Bonchev–Trinajstić information content (AvgIpc) is 3.15. The van der Waals surface area contributed by atoms with E-state index in [-0.39, 0.29) is 31.2 Å². The van der Waals surface area contributed by atoms with Crippen molar-refractivity contribution in [2.24, 2.45) is 5.92 Å². The third-order valence-electron chi connectivity index (χ3n) is 12.2. The van der Waals surface area contributed by atoms with Crippen LogP contribution in [-0.2, 0) is 48.7 Å². The monoisotopic (exact) mass is 792 g/mol. The second kappa shape index (κ2) is 17.6. The number of benzene rings is 1. The third kappa shape index (κ3) is 8.98. The lowest BCUT2D eigenvalue weighted by molar-refractivity contribution is -0.325. The second-order valence-electron chi connectivity index (χ2n) is 14.8. The van der Waals surface area contributed by atoms with Crippen molar-refractivity contribution >= 4 is 26.8 Å². The maximum absolute atomic E-state index is 13.4. The van der Waals surface area contributed by atoms with Gasteiger partial charge in [-0.05, 0) is 60.6 Å². The smallest absolute Gasteiger partial charge is 0.456 e. The Bertz CT molecular complexity index is 1400. The van der Waals surface area contributed by atoms with Crippen LogP contribution in [0.4, 0.5) is 13.2 Å². The molecule has 0 amide bonds. The van der Waals surface area contributed by atoms with Gasteiger partial charge in [-0.3, -0.25) is 0 Å². The summed E-state index contributed by atoms with van der Waals surface area (Å²) >= 11 is 0.